The molecule has 2 fully saturated rings. The fourth-order valence-electron chi connectivity index (χ4n) is 5.13. The summed E-state index contributed by atoms with van der Waals surface area (Å²) in [7, 11) is 1.95. The van der Waals surface area contributed by atoms with Gasteiger partial charge < -0.3 is 4.74 Å². The van der Waals surface area contributed by atoms with Crippen LogP contribution < -0.4 is 0 Å². The monoisotopic (exact) mass is 308 g/mol. The van der Waals surface area contributed by atoms with Crippen molar-refractivity contribution in [1.29, 1.82) is 0 Å². The van der Waals surface area contributed by atoms with E-state index >= 15 is 0 Å². The van der Waals surface area contributed by atoms with Gasteiger partial charge in [0.1, 0.15) is 0 Å². The Labute approximate surface area is 139 Å². The van der Waals surface area contributed by atoms with E-state index < -0.39 is 0 Å². The molecule has 0 aromatic rings. The van der Waals surface area contributed by atoms with E-state index in [-0.39, 0.29) is 5.60 Å². The van der Waals surface area contributed by atoms with Crippen LogP contribution in [-0.2, 0) is 4.74 Å². The van der Waals surface area contributed by atoms with Gasteiger partial charge in [-0.2, -0.15) is 0 Å². The molecule has 0 aliphatic heterocycles. The summed E-state index contributed by atoms with van der Waals surface area (Å²) in [6, 6.07) is 0. The molecule has 0 unspecified atom stereocenters. The Hall–Kier alpha value is -0.0400. The number of unbranched alkanes of at least 4 members (excludes halogenated alkanes) is 2. The molecule has 130 valence electrons. The fourth-order valence-corrected chi connectivity index (χ4v) is 5.13. The molecule has 2 saturated carbocycles. The number of methoxy groups -OCH3 is 1. The Kier molecular flexibility index (Phi) is 7.74. The predicted octanol–water partition coefficient (Wildman–Crippen LogP) is 6.75. The Bertz CT molecular complexity index is 282. The van der Waals surface area contributed by atoms with Crippen LogP contribution in [0, 0.1) is 17.8 Å². The second-order valence-electron chi connectivity index (χ2n) is 8.25. The first-order chi connectivity index (χ1) is 10.7. The maximum Gasteiger partial charge on any atom is 0.0679 e. The zero-order valence-corrected chi connectivity index (χ0v) is 15.5. The summed E-state index contributed by atoms with van der Waals surface area (Å²) in [6.07, 6.45) is 19.8. The van der Waals surface area contributed by atoms with Gasteiger partial charge in [-0.25, -0.2) is 0 Å². The van der Waals surface area contributed by atoms with Gasteiger partial charge in [0.15, 0.2) is 0 Å². The highest BCUT2D eigenvalue weighted by atomic mass is 16.5. The van der Waals surface area contributed by atoms with E-state index in [9.17, 15) is 0 Å². The van der Waals surface area contributed by atoms with Gasteiger partial charge in [0.25, 0.3) is 0 Å². The maximum atomic E-state index is 5.98. The zero-order valence-electron chi connectivity index (χ0n) is 15.5. The van der Waals surface area contributed by atoms with Crippen LogP contribution in [0.1, 0.15) is 104 Å². The third kappa shape index (κ3) is 4.98. The molecule has 0 bridgehead atoms. The van der Waals surface area contributed by atoms with Crippen molar-refractivity contribution in [2.45, 2.75) is 109 Å². The van der Waals surface area contributed by atoms with Crippen LogP contribution in [0.5, 0.6) is 0 Å². The molecule has 22 heavy (non-hydrogen) atoms. The first-order valence-electron chi connectivity index (χ1n) is 10.3. The van der Waals surface area contributed by atoms with Gasteiger partial charge in [0.2, 0.25) is 0 Å². The van der Waals surface area contributed by atoms with E-state index in [4.69, 9.17) is 4.74 Å². The van der Waals surface area contributed by atoms with E-state index in [2.05, 4.69) is 13.8 Å². The molecule has 0 spiro atoms. The highest BCUT2D eigenvalue weighted by molar-refractivity contribution is 4.90. The molecular weight excluding hydrogens is 268 g/mol. The Morgan fingerprint density at radius 2 is 1.41 bits per heavy atom. The topological polar surface area (TPSA) is 9.23 Å². The molecule has 0 atom stereocenters. The van der Waals surface area contributed by atoms with E-state index in [1.54, 1.807) is 0 Å². The number of hydrogen-bond acceptors (Lipinski definition) is 1. The lowest BCUT2D eigenvalue weighted by molar-refractivity contribution is -0.0637. The van der Waals surface area contributed by atoms with Crippen molar-refractivity contribution in [3.63, 3.8) is 0 Å². The van der Waals surface area contributed by atoms with Gasteiger partial charge in [-0.3, -0.25) is 0 Å². The van der Waals surface area contributed by atoms with Crippen molar-refractivity contribution in [2.24, 2.45) is 17.8 Å². The first-order valence-corrected chi connectivity index (χ1v) is 10.3. The van der Waals surface area contributed by atoms with E-state index in [1.807, 2.05) is 7.11 Å². The number of hydrogen-bond donors (Lipinski definition) is 0. The molecule has 2 aliphatic rings. The average molecular weight is 309 g/mol. The van der Waals surface area contributed by atoms with Gasteiger partial charge in [0.05, 0.1) is 5.60 Å². The minimum Gasteiger partial charge on any atom is -0.378 e. The minimum absolute atomic E-state index is 0.241. The van der Waals surface area contributed by atoms with Crippen LogP contribution in [0.2, 0.25) is 0 Å². The predicted molar refractivity (Wildman–Crippen MR) is 96.2 cm³/mol. The van der Waals surface area contributed by atoms with E-state index in [0.29, 0.717) is 0 Å². The summed E-state index contributed by atoms with van der Waals surface area (Å²) in [4.78, 5) is 0. The molecule has 0 aromatic carbocycles. The summed E-state index contributed by atoms with van der Waals surface area (Å²) in [6.45, 7) is 4.63. The summed E-state index contributed by atoms with van der Waals surface area (Å²) < 4.78 is 5.98. The molecule has 2 rings (SSSR count). The SMILES string of the molecule is CCCCC1CCC([C@H]2CC[C@@](CCCC)(OC)CC2)CC1. The van der Waals surface area contributed by atoms with E-state index in [1.165, 1.54) is 89.9 Å². The second-order valence-corrected chi connectivity index (χ2v) is 8.25. The first kappa shape index (κ1) is 18.3. The average Bonchev–Trinajstić information content (AvgIpc) is 2.59. The lowest BCUT2D eigenvalue weighted by atomic mass is 9.67. The van der Waals surface area contributed by atoms with Gasteiger partial charge in [-0.15, -0.1) is 0 Å². The van der Waals surface area contributed by atoms with Gasteiger partial charge in [-0.05, 0) is 62.7 Å². The highest BCUT2D eigenvalue weighted by Crippen LogP contribution is 2.45. The third-order valence-corrected chi connectivity index (χ3v) is 6.88. The van der Waals surface area contributed by atoms with Crippen LogP contribution in [0.4, 0.5) is 0 Å². The Morgan fingerprint density at radius 1 is 0.818 bits per heavy atom. The quantitative estimate of drug-likeness (QED) is 0.482. The van der Waals surface area contributed by atoms with Crippen molar-refractivity contribution >= 4 is 0 Å². The van der Waals surface area contributed by atoms with Crippen LogP contribution in [0.3, 0.4) is 0 Å². The van der Waals surface area contributed by atoms with E-state index in [0.717, 1.165) is 17.8 Å². The third-order valence-electron chi connectivity index (χ3n) is 6.88. The normalized spacial score (nSPS) is 36.4. The van der Waals surface area contributed by atoms with Crippen molar-refractivity contribution < 1.29 is 4.74 Å². The number of rotatable bonds is 8. The van der Waals surface area contributed by atoms with Crippen molar-refractivity contribution in [3.05, 3.63) is 0 Å². The maximum absolute atomic E-state index is 5.98. The lowest BCUT2D eigenvalue weighted by Gasteiger charge is -2.43. The molecule has 1 nitrogen and oxygen atoms in total. The zero-order chi connectivity index (χ0) is 15.8. The second kappa shape index (κ2) is 9.30. The van der Waals surface area contributed by atoms with Crippen molar-refractivity contribution in [2.75, 3.05) is 7.11 Å². The van der Waals surface area contributed by atoms with Crippen LogP contribution >= 0.6 is 0 Å². The molecular formula is C21H40O. The van der Waals surface area contributed by atoms with Gasteiger partial charge in [0, 0.05) is 7.11 Å². The molecule has 0 heterocycles. The van der Waals surface area contributed by atoms with Crippen LogP contribution in [-0.4, -0.2) is 12.7 Å². The molecule has 0 saturated heterocycles. The molecule has 0 radical (unpaired) electrons. The van der Waals surface area contributed by atoms with Gasteiger partial charge >= 0.3 is 0 Å². The Morgan fingerprint density at radius 3 is 1.95 bits per heavy atom. The van der Waals surface area contributed by atoms with Gasteiger partial charge in [-0.1, -0.05) is 58.8 Å². The van der Waals surface area contributed by atoms with Crippen molar-refractivity contribution in [1.82, 2.24) is 0 Å². The number of ether oxygens (including phenoxy) is 1. The molecule has 0 amide bonds. The van der Waals surface area contributed by atoms with Crippen LogP contribution in [0.25, 0.3) is 0 Å². The Balaban J connectivity index is 1.73. The summed E-state index contributed by atoms with van der Waals surface area (Å²) in [5.74, 6) is 3.11. The highest BCUT2D eigenvalue weighted by Gasteiger charge is 2.37. The standard InChI is InChI=1S/C21H40O/c1-4-6-8-18-9-11-19(12-10-18)20-13-16-21(22-3,17-14-20)15-7-5-2/h18-20H,4-17H2,1-3H3/t18?,19?,20-,21+. The molecule has 0 N–H and O–H groups in total. The fraction of sp³-hybridized carbons (Fsp3) is 1.00. The van der Waals surface area contributed by atoms with Crippen LogP contribution in [0.15, 0.2) is 0 Å². The largest absolute Gasteiger partial charge is 0.378 e. The summed E-state index contributed by atoms with van der Waals surface area (Å²) in [5, 5.41) is 0. The summed E-state index contributed by atoms with van der Waals surface area (Å²) in [5.41, 5.74) is 0.241. The minimum atomic E-state index is 0.241. The lowest BCUT2D eigenvalue weighted by Crippen LogP contribution is -2.38. The molecule has 0 aromatic heterocycles. The molecule has 2 aliphatic carbocycles. The molecule has 1 heteroatoms. The smallest absolute Gasteiger partial charge is 0.0679 e. The van der Waals surface area contributed by atoms with Crippen molar-refractivity contribution in [3.8, 4) is 0 Å². The summed E-state index contributed by atoms with van der Waals surface area (Å²) >= 11 is 0.